The second-order valence-corrected chi connectivity index (χ2v) is 2.44. The molecule has 0 saturated heterocycles. The first-order chi connectivity index (χ1) is 5.34. The molecule has 0 aromatic carbocycles. The second kappa shape index (κ2) is 3.72. The summed E-state index contributed by atoms with van der Waals surface area (Å²) in [5.41, 5.74) is 0.939. The fraction of sp³-hybridized carbons (Fsp3) is 0.333. The number of hydrogen-bond acceptors (Lipinski definition) is 2. The Kier molecular flexibility index (Phi) is 2.62. The molecule has 2 heteroatoms. The molecule has 0 bridgehead atoms. The molecule has 1 aromatic heterocycles. The molecule has 2 nitrogen and oxygen atoms in total. The van der Waals surface area contributed by atoms with E-state index in [4.69, 9.17) is 5.26 Å². The van der Waals surface area contributed by atoms with Crippen LogP contribution >= 0.6 is 0 Å². The van der Waals surface area contributed by atoms with Crippen LogP contribution < -0.4 is 0 Å². The van der Waals surface area contributed by atoms with Gasteiger partial charge in [0.05, 0.1) is 6.07 Å². The molecule has 1 unspecified atom stereocenters. The largest absolute Gasteiger partial charge is 0.261 e. The lowest BCUT2D eigenvalue weighted by Crippen LogP contribution is -1.94. The number of nitrogens with zero attached hydrogens (tertiary/aromatic N) is 2. The topological polar surface area (TPSA) is 36.7 Å². The van der Waals surface area contributed by atoms with Gasteiger partial charge in [-0.2, -0.15) is 5.26 Å². The van der Waals surface area contributed by atoms with E-state index in [2.05, 4.69) is 17.1 Å². The second-order valence-electron chi connectivity index (χ2n) is 2.44. The van der Waals surface area contributed by atoms with Gasteiger partial charge in [0.2, 0.25) is 0 Å². The van der Waals surface area contributed by atoms with E-state index in [1.807, 2.05) is 13.0 Å². The lowest BCUT2D eigenvalue weighted by Gasteiger charge is -2.03. The highest BCUT2D eigenvalue weighted by molar-refractivity contribution is 5.08. The minimum Gasteiger partial charge on any atom is -0.261 e. The average Bonchev–Trinajstić information content (AvgIpc) is 2.07. The lowest BCUT2D eigenvalue weighted by atomic mass is 10.0. The molecule has 0 aliphatic rings. The maximum absolute atomic E-state index is 8.41. The van der Waals surface area contributed by atoms with E-state index in [0.717, 1.165) is 5.69 Å². The van der Waals surface area contributed by atoms with E-state index in [1.165, 1.54) is 0 Å². The van der Waals surface area contributed by atoms with Crippen molar-refractivity contribution >= 4 is 0 Å². The first-order valence-electron chi connectivity index (χ1n) is 3.53. The van der Waals surface area contributed by atoms with Gasteiger partial charge in [-0.1, -0.05) is 6.92 Å². The average molecular weight is 145 g/mol. The van der Waals surface area contributed by atoms with Gasteiger partial charge >= 0.3 is 0 Å². The first-order valence-corrected chi connectivity index (χ1v) is 3.53. The standard InChI is InChI=1S/C9H9N2/c1-8(5-6-10)9-4-2-3-7-11-9/h3-4,7-8H,5H2,1H3. The summed E-state index contributed by atoms with van der Waals surface area (Å²) in [4.78, 5) is 4.11. The smallest absolute Gasteiger partial charge is 0.0628 e. The first kappa shape index (κ1) is 7.74. The molecule has 55 valence electrons. The highest BCUT2D eigenvalue weighted by Crippen LogP contribution is 2.14. The number of nitriles is 1. The fourth-order valence-corrected chi connectivity index (χ4v) is 0.848. The van der Waals surface area contributed by atoms with Crippen molar-refractivity contribution in [1.82, 2.24) is 4.98 Å². The van der Waals surface area contributed by atoms with Gasteiger partial charge in [0, 0.05) is 24.2 Å². The Morgan fingerprint density at radius 2 is 2.64 bits per heavy atom. The van der Waals surface area contributed by atoms with Crippen LogP contribution in [-0.4, -0.2) is 4.98 Å². The molecule has 1 radical (unpaired) electrons. The molecule has 1 heterocycles. The van der Waals surface area contributed by atoms with Crippen LogP contribution in [0.4, 0.5) is 0 Å². The van der Waals surface area contributed by atoms with Crippen molar-refractivity contribution < 1.29 is 0 Å². The van der Waals surface area contributed by atoms with Crippen molar-refractivity contribution in [3.05, 3.63) is 30.1 Å². The predicted octanol–water partition coefficient (Wildman–Crippen LogP) is 1.90. The molecule has 1 rings (SSSR count). The highest BCUT2D eigenvalue weighted by atomic mass is 14.7. The third kappa shape index (κ3) is 2.05. The molecular formula is C9H9N2. The Morgan fingerprint density at radius 1 is 1.82 bits per heavy atom. The SMILES string of the molecule is CC(CC#N)c1c[c]ccn1. The maximum Gasteiger partial charge on any atom is 0.0628 e. The highest BCUT2D eigenvalue weighted by Gasteiger charge is 2.03. The lowest BCUT2D eigenvalue weighted by molar-refractivity contribution is 0.756. The van der Waals surface area contributed by atoms with E-state index in [1.54, 1.807) is 12.3 Å². The van der Waals surface area contributed by atoms with Gasteiger partial charge in [-0.3, -0.25) is 4.98 Å². The number of pyridine rings is 1. The molecule has 0 spiro atoms. The Hall–Kier alpha value is -1.36. The van der Waals surface area contributed by atoms with Crippen molar-refractivity contribution in [2.24, 2.45) is 0 Å². The van der Waals surface area contributed by atoms with E-state index in [-0.39, 0.29) is 5.92 Å². The number of rotatable bonds is 2. The van der Waals surface area contributed by atoms with Crippen molar-refractivity contribution in [3.63, 3.8) is 0 Å². The van der Waals surface area contributed by atoms with Crippen molar-refractivity contribution in [1.29, 1.82) is 5.26 Å². The fourth-order valence-electron chi connectivity index (χ4n) is 0.848. The molecule has 0 N–H and O–H groups in total. The van der Waals surface area contributed by atoms with Crippen LogP contribution in [0, 0.1) is 17.4 Å². The van der Waals surface area contributed by atoms with Crippen LogP contribution in [0.1, 0.15) is 25.0 Å². The molecular weight excluding hydrogens is 136 g/mol. The zero-order valence-electron chi connectivity index (χ0n) is 6.41. The molecule has 0 fully saturated rings. The van der Waals surface area contributed by atoms with Gasteiger partial charge in [0.15, 0.2) is 0 Å². The van der Waals surface area contributed by atoms with E-state index < -0.39 is 0 Å². The van der Waals surface area contributed by atoms with Gasteiger partial charge in [-0.05, 0) is 18.2 Å². The van der Waals surface area contributed by atoms with Crippen molar-refractivity contribution in [2.75, 3.05) is 0 Å². The molecule has 0 saturated carbocycles. The minimum atomic E-state index is 0.220. The summed E-state index contributed by atoms with van der Waals surface area (Å²) in [6, 6.07) is 8.61. The van der Waals surface area contributed by atoms with Crippen LogP contribution in [-0.2, 0) is 0 Å². The minimum absolute atomic E-state index is 0.220. The number of hydrogen-bond donors (Lipinski definition) is 0. The molecule has 11 heavy (non-hydrogen) atoms. The van der Waals surface area contributed by atoms with Crippen LogP contribution in [0.3, 0.4) is 0 Å². The van der Waals surface area contributed by atoms with Crippen LogP contribution in [0.2, 0.25) is 0 Å². The number of aromatic nitrogens is 1. The van der Waals surface area contributed by atoms with Crippen molar-refractivity contribution in [2.45, 2.75) is 19.3 Å². The zero-order valence-corrected chi connectivity index (χ0v) is 6.41. The normalized spacial score (nSPS) is 12.0. The Balaban J connectivity index is 2.70. The summed E-state index contributed by atoms with van der Waals surface area (Å²) in [5.74, 6) is 0.220. The summed E-state index contributed by atoms with van der Waals surface area (Å²) in [7, 11) is 0. The van der Waals surface area contributed by atoms with E-state index >= 15 is 0 Å². The third-order valence-corrected chi connectivity index (χ3v) is 1.53. The summed E-state index contributed by atoms with van der Waals surface area (Å²) >= 11 is 0. The Bertz CT molecular complexity index is 248. The van der Waals surface area contributed by atoms with Gasteiger partial charge in [-0.15, -0.1) is 0 Å². The molecule has 0 aliphatic carbocycles. The molecule has 1 atom stereocenters. The van der Waals surface area contributed by atoms with Crippen LogP contribution in [0.5, 0.6) is 0 Å². The molecule has 0 amide bonds. The Labute approximate surface area is 66.5 Å². The van der Waals surface area contributed by atoms with Gasteiger partial charge in [-0.25, -0.2) is 0 Å². The molecule has 0 aliphatic heterocycles. The quantitative estimate of drug-likeness (QED) is 0.637. The van der Waals surface area contributed by atoms with Crippen molar-refractivity contribution in [3.8, 4) is 6.07 Å². The van der Waals surface area contributed by atoms with Gasteiger partial charge in [0.1, 0.15) is 0 Å². The Morgan fingerprint density at radius 3 is 3.18 bits per heavy atom. The maximum atomic E-state index is 8.41. The summed E-state index contributed by atoms with van der Waals surface area (Å²) in [6.45, 7) is 1.99. The predicted molar refractivity (Wildman–Crippen MR) is 41.7 cm³/mol. The summed E-state index contributed by atoms with van der Waals surface area (Å²) in [6.07, 6.45) is 2.22. The summed E-state index contributed by atoms with van der Waals surface area (Å²) < 4.78 is 0. The zero-order chi connectivity index (χ0) is 8.10. The monoisotopic (exact) mass is 145 g/mol. The van der Waals surface area contributed by atoms with Gasteiger partial charge < -0.3 is 0 Å². The molecule has 1 aromatic rings. The van der Waals surface area contributed by atoms with E-state index in [9.17, 15) is 0 Å². The summed E-state index contributed by atoms with van der Waals surface area (Å²) in [5, 5.41) is 8.41. The van der Waals surface area contributed by atoms with Crippen LogP contribution in [0.25, 0.3) is 0 Å². The third-order valence-electron chi connectivity index (χ3n) is 1.53. The van der Waals surface area contributed by atoms with Gasteiger partial charge in [0.25, 0.3) is 0 Å². The van der Waals surface area contributed by atoms with Crippen LogP contribution in [0.15, 0.2) is 18.3 Å². The van der Waals surface area contributed by atoms with E-state index in [0.29, 0.717) is 6.42 Å².